The van der Waals surface area contributed by atoms with Crippen molar-refractivity contribution in [1.29, 1.82) is 0 Å². The molecule has 1 aromatic rings. The van der Waals surface area contributed by atoms with Crippen LogP contribution in [0, 0.1) is 17.0 Å². The normalized spacial score (nSPS) is 15.9. The molecule has 0 atom stereocenters. The molecular weight excluding hydrogens is 256 g/mol. The summed E-state index contributed by atoms with van der Waals surface area (Å²) in [5.74, 6) is -3.11. The molecule has 2 rings (SSSR count). The van der Waals surface area contributed by atoms with Gasteiger partial charge in [0.05, 0.1) is 11.8 Å². The van der Waals surface area contributed by atoms with E-state index in [-0.39, 0.29) is 12.1 Å². The Morgan fingerprint density at radius 1 is 1.26 bits per heavy atom. The van der Waals surface area contributed by atoms with E-state index in [2.05, 4.69) is 5.32 Å². The summed E-state index contributed by atoms with van der Waals surface area (Å²) in [5, 5.41) is 11.3. The Morgan fingerprint density at radius 2 is 1.84 bits per heavy atom. The van der Waals surface area contributed by atoms with Gasteiger partial charge in [-0.05, 0) is 25.0 Å². The summed E-state index contributed by atoms with van der Waals surface area (Å²) in [5.41, 5.74) is -1.19. The van der Waals surface area contributed by atoms with Crippen LogP contribution >= 0.6 is 0 Å². The predicted molar refractivity (Wildman–Crippen MR) is 62.4 cm³/mol. The lowest BCUT2D eigenvalue weighted by Crippen LogP contribution is -2.35. The minimum atomic E-state index is -0.954. The molecule has 1 aromatic carbocycles. The van der Waals surface area contributed by atoms with Gasteiger partial charge in [-0.15, -0.1) is 0 Å². The molecule has 6 heteroatoms. The van der Waals surface area contributed by atoms with E-state index in [4.69, 9.17) is 5.11 Å². The van der Waals surface area contributed by atoms with E-state index in [0.29, 0.717) is 12.8 Å². The summed E-state index contributed by atoms with van der Waals surface area (Å²) in [6.45, 7) is -0.00274. The second kappa shape index (κ2) is 4.95. The molecule has 0 bridgehead atoms. The molecular formula is C13H13F2NO3. The molecule has 102 valence electrons. The van der Waals surface area contributed by atoms with Gasteiger partial charge in [-0.3, -0.25) is 9.59 Å². The van der Waals surface area contributed by atoms with Crippen LogP contribution in [0.3, 0.4) is 0 Å². The molecule has 0 unspecified atom stereocenters. The maximum Gasteiger partial charge on any atom is 0.311 e. The molecule has 1 amide bonds. The van der Waals surface area contributed by atoms with Gasteiger partial charge in [-0.25, -0.2) is 8.78 Å². The number of carboxylic acids is 1. The first-order chi connectivity index (χ1) is 8.94. The number of nitrogens with one attached hydrogen (secondary N) is 1. The Balaban J connectivity index is 1.93. The topological polar surface area (TPSA) is 66.4 Å². The maximum absolute atomic E-state index is 13.3. The van der Waals surface area contributed by atoms with Gasteiger partial charge in [0.1, 0.15) is 11.6 Å². The number of hydrogen-bond acceptors (Lipinski definition) is 2. The van der Waals surface area contributed by atoms with E-state index in [9.17, 15) is 18.4 Å². The number of carbonyl (C=O) groups excluding carboxylic acids is 1. The van der Waals surface area contributed by atoms with Gasteiger partial charge in [-0.1, -0.05) is 6.07 Å². The lowest BCUT2D eigenvalue weighted by Gasteiger charge is -2.11. The lowest BCUT2D eigenvalue weighted by molar-refractivity contribution is -0.143. The Bertz CT molecular complexity index is 506. The average molecular weight is 269 g/mol. The molecule has 0 saturated heterocycles. The number of carbonyl (C=O) groups is 2. The molecule has 2 N–H and O–H groups in total. The molecule has 1 aliphatic rings. The van der Waals surface area contributed by atoms with Crippen molar-refractivity contribution in [1.82, 2.24) is 5.32 Å². The first-order valence-electron chi connectivity index (χ1n) is 5.88. The number of amides is 1. The molecule has 0 aliphatic heterocycles. The van der Waals surface area contributed by atoms with Crippen LogP contribution in [0.25, 0.3) is 0 Å². The molecule has 4 nitrogen and oxygen atoms in total. The van der Waals surface area contributed by atoms with Crippen molar-refractivity contribution >= 4 is 11.9 Å². The highest BCUT2D eigenvalue weighted by atomic mass is 19.1. The predicted octanol–water partition coefficient (Wildman–Crippen LogP) is 1.49. The summed E-state index contributed by atoms with van der Waals surface area (Å²) in [4.78, 5) is 22.5. The van der Waals surface area contributed by atoms with Crippen molar-refractivity contribution in [3.63, 3.8) is 0 Å². The number of halogens is 2. The number of carboxylic acid groups (broad SMARTS) is 1. The van der Waals surface area contributed by atoms with E-state index in [0.717, 1.165) is 12.1 Å². The first kappa shape index (κ1) is 13.5. The maximum atomic E-state index is 13.3. The fourth-order valence-electron chi connectivity index (χ4n) is 1.81. The number of hydrogen-bond donors (Lipinski definition) is 2. The van der Waals surface area contributed by atoms with E-state index in [1.54, 1.807) is 0 Å². The van der Waals surface area contributed by atoms with Crippen LogP contribution < -0.4 is 5.32 Å². The molecule has 0 heterocycles. The molecule has 0 spiro atoms. The Hall–Kier alpha value is -1.98. The Kier molecular flexibility index (Phi) is 3.50. The smallest absolute Gasteiger partial charge is 0.311 e. The zero-order valence-electron chi connectivity index (χ0n) is 10.1. The van der Waals surface area contributed by atoms with Crippen LogP contribution in [0.5, 0.6) is 0 Å². The van der Waals surface area contributed by atoms with Gasteiger partial charge in [-0.2, -0.15) is 0 Å². The quantitative estimate of drug-likeness (QED) is 0.851. The van der Waals surface area contributed by atoms with Crippen LogP contribution in [0.15, 0.2) is 18.2 Å². The second-order valence-electron chi connectivity index (χ2n) is 4.74. The summed E-state index contributed by atoms with van der Waals surface area (Å²) in [6.07, 6.45) is 0.585. The van der Waals surface area contributed by atoms with Crippen molar-refractivity contribution in [3.8, 4) is 0 Å². The number of rotatable bonds is 5. The highest BCUT2D eigenvalue weighted by molar-refractivity contribution is 5.82. The largest absolute Gasteiger partial charge is 0.481 e. The minimum Gasteiger partial charge on any atom is -0.481 e. The average Bonchev–Trinajstić information content (AvgIpc) is 3.13. The van der Waals surface area contributed by atoms with Crippen LogP contribution in [-0.2, 0) is 16.0 Å². The molecule has 1 aliphatic carbocycles. The van der Waals surface area contributed by atoms with E-state index >= 15 is 0 Å². The summed E-state index contributed by atoms with van der Waals surface area (Å²) < 4.78 is 26.6. The van der Waals surface area contributed by atoms with Crippen LogP contribution in [0.2, 0.25) is 0 Å². The van der Waals surface area contributed by atoms with E-state index in [1.165, 1.54) is 6.07 Å². The zero-order chi connectivity index (χ0) is 14.0. The highest BCUT2D eigenvalue weighted by Crippen LogP contribution is 2.45. The van der Waals surface area contributed by atoms with Gasteiger partial charge in [0, 0.05) is 12.1 Å². The Morgan fingerprint density at radius 3 is 2.32 bits per heavy atom. The van der Waals surface area contributed by atoms with Gasteiger partial charge in [0.25, 0.3) is 0 Å². The van der Waals surface area contributed by atoms with Crippen molar-refractivity contribution in [2.45, 2.75) is 19.3 Å². The minimum absolute atomic E-state index is 0.00274. The van der Waals surface area contributed by atoms with E-state index < -0.39 is 35.3 Å². The van der Waals surface area contributed by atoms with Crippen LogP contribution in [0.4, 0.5) is 8.78 Å². The fraction of sp³-hybridized carbons (Fsp3) is 0.385. The zero-order valence-corrected chi connectivity index (χ0v) is 10.1. The summed E-state index contributed by atoms with van der Waals surface area (Å²) >= 11 is 0. The van der Waals surface area contributed by atoms with Crippen molar-refractivity contribution < 1.29 is 23.5 Å². The fourth-order valence-corrected chi connectivity index (χ4v) is 1.81. The second-order valence-corrected chi connectivity index (χ2v) is 4.74. The van der Waals surface area contributed by atoms with Crippen molar-refractivity contribution in [2.75, 3.05) is 6.54 Å². The molecule has 0 aromatic heterocycles. The summed E-state index contributed by atoms with van der Waals surface area (Å²) in [7, 11) is 0. The first-order valence-corrected chi connectivity index (χ1v) is 5.88. The molecule has 19 heavy (non-hydrogen) atoms. The highest BCUT2D eigenvalue weighted by Gasteiger charge is 2.50. The SMILES string of the molecule is O=C(Cc1c(F)cccc1F)NCC1(C(=O)O)CC1. The van der Waals surface area contributed by atoms with Crippen molar-refractivity contribution in [3.05, 3.63) is 35.4 Å². The molecule has 1 saturated carbocycles. The van der Waals surface area contributed by atoms with Gasteiger partial charge in [0.15, 0.2) is 0 Å². The third-order valence-corrected chi connectivity index (χ3v) is 3.33. The van der Waals surface area contributed by atoms with Crippen LogP contribution in [0.1, 0.15) is 18.4 Å². The van der Waals surface area contributed by atoms with Crippen molar-refractivity contribution in [2.24, 2.45) is 5.41 Å². The molecule has 1 fully saturated rings. The van der Waals surface area contributed by atoms with Crippen LogP contribution in [-0.4, -0.2) is 23.5 Å². The number of benzene rings is 1. The third kappa shape index (κ3) is 2.89. The lowest BCUT2D eigenvalue weighted by atomic mass is 10.1. The molecule has 0 radical (unpaired) electrons. The van der Waals surface area contributed by atoms with Gasteiger partial charge >= 0.3 is 5.97 Å². The monoisotopic (exact) mass is 269 g/mol. The third-order valence-electron chi connectivity index (χ3n) is 3.33. The standard InChI is InChI=1S/C13H13F2NO3/c14-9-2-1-3-10(15)8(9)6-11(17)16-7-13(4-5-13)12(18)19/h1-3H,4-7H2,(H,16,17)(H,18,19). The van der Waals surface area contributed by atoms with Gasteiger partial charge in [0.2, 0.25) is 5.91 Å². The van der Waals surface area contributed by atoms with Gasteiger partial charge < -0.3 is 10.4 Å². The van der Waals surface area contributed by atoms with E-state index in [1.807, 2.05) is 0 Å². The number of aliphatic carboxylic acids is 1. The summed E-state index contributed by atoms with van der Waals surface area (Å²) in [6, 6.07) is 3.37. The Labute approximate surface area is 108 Å².